The van der Waals surface area contributed by atoms with Gasteiger partial charge in [0.05, 0.1) is 0 Å². The van der Waals surface area contributed by atoms with Crippen molar-refractivity contribution in [3.05, 3.63) is 56.5 Å². The molecule has 1 heterocycles. The zero-order chi connectivity index (χ0) is 16.4. The van der Waals surface area contributed by atoms with Crippen LogP contribution in [0.25, 0.3) is 0 Å². The van der Waals surface area contributed by atoms with Gasteiger partial charge in [0.1, 0.15) is 22.9 Å². The number of nitrogen functional groups attached to an aromatic ring is 1. The lowest BCUT2D eigenvalue weighted by Gasteiger charge is -2.11. The lowest BCUT2D eigenvalue weighted by Crippen LogP contribution is -2.42. The summed E-state index contributed by atoms with van der Waals surface area (Å²) >= 11 is 0. The SMILES string of the molecule is Cn1c(N)c(C(=O)COc2cccc(F)c2)c(=O)n(C)c1=O. The molecule has 8 heteroatoms. The second-order valence-corrected chi connectivity index (χ2v) is 4.64. The first-order valence-electron chi connectivity index (χ1n) is 6.30. The van der Waals surface area contributed by atoms with Gasteiger partial charge in [-0.2, -0.15) is 0 Å². The van der Waals surface area contributed by atoms with Gasteiger partial charge in [-0.1, -0.05) is 6.07 Å². The number of carbonyl (C=O) groups excluding carboxylic acids is 1. The topological polar surface area (TPSA) is 96.3 Å². The van der Waals surface area contributed by atoms with Crippen LogP contribution in [0.15, 0.2) is 33.9 Å². The molecular weight excluding hydrogens is 293 g/mol. The predicted octanol–water partition coefficient (Wildman–Crippen LogP) is 0.0670. The fraction of sp³-hybridized carbons (Fsp3) is 0.214. The van der Waals surface area contributed by atoms with E-state index < -0.39 is 29.5 Å². The summed E-state index contributed by atoms with van der Waals surface area (Å²) in [6.45, 7) is -0.499. The van der Waals surface area contributed by atoms with Crippen LogP contribution >= 0.6 is 0 Å². The van der Waals surface area contributed by atoms with Crippen molar-refractivity contribution in [2.75, 3.05) is 12.3 Å². The number of anilines is 1. The van der Waals surface area contributed by atoms with Crippen molar-refractivity contribution >= 4 is 11.6 Å². The summed E-state index contributed by atoms with van der Waals surface area (Å²) in [6.07, 6.45) is 0. The van der Waals surface area contributed by atoms with Crippen LogP contribution in [0.3, 0.4) is 0 Å². The molecule has 0 aliphatic carbocycles. The molecule has 0 amide bonds. The van der Waals surface area contributed by atoms with Gasteiger partial charge in [0.25, 0.3) is 5.56 Å². The number of rotatable bonds is 4. The number of benzene rings is 1. The highest BCUT2D eigenvalue weighted by Gasteiger charge is 2.20. The third-order valence-corrected chi connectivity index (χ3v) is 3.15. The highest BCUT2D eigenvalue weighted by molar-refractivity contribution is 6.00. The van der Waals surface area contributed by atoms with Crippen LogP contribution in [-0.2, 0) is 14.1 Å². The van der Waals surface area contributed by atoms with Gasteiger partial charge in [0.2, 0.25) is 5.78 Å². The maximum Gasteiger partial charge on any atom is 0.332 e. The van der Waals surface area contributed by atoms with Crippen molar-refractivity contribution in [3.8, 4) is 5.75 Å². The molecule has 0 unspecified atom stereocenters. The van der Waals surface area contributed by atoms with Crippen LogP contribution in [0, 0.1) is 5.82 Å². The number of ether oxygens (including phenoxy) is 1. The minimum atomic E-state index is -0.798. The van der Waals surface area contributed by atoms with E-state index in [2.05, 4.69) is 0 Å². The molecule has 22 heavy (non-hydrogen) atoms. The summed E-state index contributed by atoms with van der Waals surface area (Å²) in [6, 6.07) is 5.23. The van der Waals surface area contributed by atoms with Gasteiger partial charge in [0, 0.05) is 20.2 Å². The second kappa shape index (κ2) is 5.84. The fourth-order valence-electron chi connectivity index (χ4n) is 1.90. The zero-order valence-corrected chi connectivity index (χ0v) is 12.0. The monoisotopic (exact) mass is 307 g/mol. The van der Waals surface area contributed by atoms with Crippen molar-refractivity contribution in [3.63, 3.8) is 0 Å². The summed E-state index contributed by atoms with van der Waals surface area (Å²) in [7, 11) is 2.59. The Balaban J connectivity index is 2.31. The van der Waals surface area contributed by atoms with Gasteiger partial charge in [-0.25, -0.2) is 9.18 Å². The van der Waals surface area contributed by atoms with Crippen LogP contribution in [0.1, 0.15) is 10.4 Å². The van der Waals surface area contributed by atoms with Crippen molar-refractivity contribution in [1.29, 1.82) is 0 Å². The molecule has 0 aliphatic heterocycles. The van der Waals surface area contributed by atoms with Crippen molar-refractivity contribution in [1.82, 2.24) is 9.13 Å². The molecule has 2 aromatic rings. The summed E-state index contributed by atoms with van der Waals surface area (Å²) < 4.78 is 19.9. The number of nitrogens with zero attached hydrogens (tertiary/aromatic N) is 2. The van der Waals surface area contributed by atoms with E-state index >= 15 is 0 Å². The molecule has 0 saturated heterocycles. The molecule has 0 atom stereocenters. The van der Waals surface area contributed by atoms with Gasteiger partial charge in [-0.05, 0) is 12.1 Å². The van der Waals surface area contributed by atoms with Gasteiger partial charge in [-0.15, -0.1) is 0 Å². The van der Waals surface area contributed by atoms with Crippen molar-refractivity contribution in [2.45, 2.75) is 0 Å². The summed E-state index contributed by atoms with van der Waals surface area (Å²) in [5.74, 6) is -1.30. The molecule has 0 saturated carbocycles. The number of nitrogens with two attached hydrogens (primary N) is 1. The highest BCUT2D eigenvalue weighted by atomic mass is 19.1. The molecule has 2 N–H and O–H groups in total. The van der Waals surface area contributed by atoms with Crippen molar-refractivity contribution < 1.29 is 13.9 Å². The number of hydrogen-bond donors (Lipinski definition) is 1. The normalized spacial score (nSPS) is 10.5. The largest absolute Gasteiger partial charge is 0.485 e. The van der Waals surface area contributed by atoms with E-state index in [0.717, 1.165) is 15.2 Å². The Labute approximate surface area is 124 Å². The Kier molecular flexibility index (Phi) is 4.11. The van der Waals surface area contributed by atoms with Crippen molar-refractivity contribution in [2.24, 2.45) is 14.1 Å². The number of halogens is 1. The summed E-state index contributed by atoms with van der Waals surface area (Å²) in [4.78, 5) is 35.8. The first-order valence-corrected chi connectivity index (χ1v) is 6.30. The molecule has 0 bridgehead atoms. The highest BCUT2D eigenvalue weighted by Crippen LogP contribution is 2.13. The molecule has 1 aromatic carbocycles. The van der Waals surface area contributed by atoms with Crippen LogP contribution < -0.4 is 21.7 Å². The average Bonchev–Trinajstić information content (AvgIpc) is 2.49. The predicted molar refractivity (Wildman–Crippen MR) is 77.6 cm³/mol. The van der Waals surface area contributed by atoms with Crippen LogP contribution in [0.5, 0.6) is 5.75 Å². The first kappa shape index (κ1) is 15.5. The summed E-state index contributed by atoms with van der Waals surface area (Å²) in [5, 5.41) is 0. The number of Topliss-reactive ketones (excluding diaryl/α,β-unsaturated/α-hetero) is 1. The number of aromatic nitrogens is 2. The average molecular weight is 307 g/mol. The Morgan fingerprint density at radius 1 is 1.27 bits per heavy atom. The van der Waals surface area contributed by atoms with Gasteiger partial charge in [0.15, 0.2) is 6.61 Å². The minimum Gasteiger partial charge on any atom is -0.485 e. The van der Waals surface area contributed by atoms with Gasteiger partial charge >= 0.3 is 5.69 Å². The second-order valence-electron chi connectivity index (χ2n) is 4.64. The first-order chi connectivity index (χ1) is 10.3. The molecular formula is C14H14FN3O4. The summed E-state index contributed by atoms with van der Waals surface area (Å²) in [5.41, 5.74) is 3.90. The molecule has 0 spiro atoms. The third-order valence-electron chi connectivity index (χ3n) is 3.15. The van der Waals surface area contributed by atoms with Gasteiger partial charge in [-0.3, -0.25) is 18.7 Å². The fourth-order valence-corrected chi connectivity index (χ4v) is 1.90. The van der Waals surface area contributed by atoms with E-state index in [-0.39, 0.29) is 17.1 Å². The van der Waals surface area contributed by atoms with Crippen LogP contribution in [0.2, 0.25) is 0 Å². The van der Waals surface area contributed by atoms with Crippen LogP contribution in [0.4, 0.5) is 10.2 Å². The Bertz CT molecular complexity index is 854. The number of ketones is 1. The smallest absolute Gasteiger partial charge is 0.332 e. The molecule has 2 rings (SSSR count). The van der Waals surface area contributed by atoms with Crippen LogP contribution in [-0.4, -0.2) is 21.5 Å². The molecule has 116 valence electrons. The van der Waals surface area contributed by atoms with E-state index in [1.54, 1.807) is 0 Å². The Morgan fingerprint density at radius 3 is 2.59 bits per heavy atom. The number of carbonyl (C=O) groups is 1. The maximum absolute atomic E-state index is 13.0. The maximum atomic E-state index is 13.0. The van der Waals surface area contributed by atoms with E-state index in [0.29, 0.717) is 0 Å². The molecule has 0 aliphatic rings. The minimum absolute atomic E-state index is 0.147. The van der Waals surface area contributed by atoms with E-state index in [1.165, 1.54) is 32.3 Å². The standard InChI is InChI=1S/C14H14FN3O4/c1-17-12(16)11(13(20)18(2)14(17)21)10(19)7-22-9-5-3-4-8(15)6-9/h3-6H,7,16H2,1-2H3. The zero-order valence-electron chi connectivity index (χ0n) is 12.0. The molecule has 0 radical (unpaired) electrons. The van der Waals surface area contributed by atoms with E-state index in [1.807, 2.05) is 0 Å². The van der Waals surface area contributed by atoms with E-state index in [4.69, 9.17) is 10.5 Å². The number of hydrogen-bond acceptors (Lipinski definition) is 5. The lowest BCUT2D eigenvalue weighted by molar-refractivity contribution is 0.0919. The molecule has 7 nitrogen and oxygen atoms in total. The quantitative estimate of drug-likeness (QED) is 0.806. The van der Waals surface area contributed by atoms with Gasteiger partial charge < -0.3 is 10.5 Å². The lowest BCUT2D eigenvalue weighted by atomic mass is 10.2. The Hall–Kier alpha value is -2.90. The third kappa shape index (κ3) is 2.76. The van der Waals surface area contributed by atoms with E-state index in [9.17, 15) is 18.8 Å². The molecule has 1 aromatic heterocycles. The molecule has 0 fully saturated rings. The Morgan fingerprint density at radius 2 is 1.95 bits per heavy atom.